The second-order valence-corrected chi connectivity index (χ2v) is 7.26. The second-order valence-electron chi connectivity index (χ2n) is 6.41. The number of hydrogen-bond acceptors (Lipinski definition) is 3. The average Bonchev–Trinajstić information content (AvgIpc) is 3.11. The number of guanidine groups is 1. The lowest BCUT2D eigenvalue weighted by molar-refractivity contribution is 0.702. The normalized spacial score (nSPS) is 11.3. The lowest BCUT2D eigenvalue weighted by Gasteiger charge is -2.12. The van der Waals surface area contributed by atoms with Crippen LogP contribution in [-0.4, -0.2) is 40.7 Å². The number of aromatic nitrogens is 3. The number of aryl methyl sites for hydroxylation is 2. The molecule has 0 saturated heterocycles. The highest BCUT2D eigenvalue weighted by Crippen LogP contribution is 2.21. The van der Waals surface area contributed by atoms with Crippen LogP contribution >= 0.6 is 47.2 Å². The van der Waals surface area contributed by atoms with Gasteiger partial charge in [0.1, 0.15) is 5.82 Å². The Labute approximate surface area is 198 Å². The largest absolute Gasteiger partial charge is 0.356 e. The van der Waals surface area contributed by atoms with Gasteiger partial charge in [0, 0.05) is 42.8 Å². The zero-order valence-corrected chi connectivity index (χ0v) is 20.1. The van der Waals surface area contributed by atoms with E-state index in [-0.39, 0.29) is 24.0 Å². The van der Waals surface area contributed by atoms with Crippen LogP contribution in [0.25, 0.3) is 5.65 Å². The van der Waals surface area contributed by atoms with E-state index in [4.69, 9.17) is 23.2 Å². The van der Waals surface area contributed by atoms with E-state index in [0.717, 1.165) is 66.8 Å². The highest BCUT2D eigenvalue weighted by molar-refractivity contribution is 14.0. The van der Waals surface area contributed by atoms with Crippen molar-refractivity contribution in [1.29, 1.82) is 0 Å². The smallest absolute Gasteiger partial charge is 0.190 e. The van der Waals surface area contributed by atoms with Gasteiger partial charge in [-0.2, -0.15) is 0 Å². The van der Waals surface area contributed by atoms with Crippen molar-refractivity contribution in [3.63, 3.8) is 0 Å². The van der Waals surface area contributed by atoms with Crippen molar-refractivity contribution in [3.8, 4) is 0 Å². The Kier molecular flexibility index (Phi) is 9.96. The van der Waals surface area contributed by atoms with Crippen molar-refractivity contribution >= 4 is 58.8 Å². The van der Waals surface area contributed by atoms with Crippen molar-refractivity contribution in [2.75, 3.05) is 20.1 Å². The minimum absolute atomic E-state index is 0. The quantitative estimate of drug-likeness (QED) is 0.190. The first kappa shape index (κ1) is 23.7. The minimum Gasteiger partial charge on any atom is -0.356 e. The van der Waals surface area contributed by atoms with Gasteiger partial charge in [-0.25, -0.2) is 0 Å². The van der Waals surface area contributed by atoms with Crippen LogP contribution in [0.1, 0.15) is 24.2 Å². The zero-order chi connectivity index (χ0) is 19.8. The number of fused-ring (bicyclic) bond motifs is 1. The van der Waals surface area contributed by atoms with Crippen molar-refractivity contribution in [1.82, 2.24) is 25.2 Å². The van der Waals surface area contributed by atoms with E-state index >= 15 is 0 Å². The van der Waals surface area contributed by atoms with Gasteiger partial charge in [-0.3, -0.25) is 9.39 Å². The number of pyridine rings is 1. The Bertz CT molecular complexity index is 944. The molecule has 0 aliphatic heterocycles. The van der Waals surface area contributed by atoms with Crippen molar-refractivity contribution < 1.29 is 0 Å². The first-order valence-corrected chi connectivity index (χ1v) is 10.1. The molecule has 0 spiro atoms. The molecule has 0 bridgehead atoms. The monoisotopic (exact) mass is 546 g/mol. The SMILES string of the molecule is CN=C(NCCCc1ccc(Cl)cc1Cl)NCCCc1nnc2ccccn12.I. The summed E-state index contributed by atoms with van der Waals surface area (Å²) in [6.07, 6.45) is 5.63. The molecular weight excluding hydrogens is 522 g/mol. The number of nitrogens with one attached hydrogen (secondary N) is 2. The molecule has 0 unspecified atom stereocenters. The third kappa shape index (κ3) is 7.01. The molecule has 1 aromatic carbocycles. The number of hydrogen-bond donors (Lipinski definition) is 2. The number of aliphatic imine (C=N–C) groups is 1. The molecule has 2 aromatic heterocycles. The molecular formula is C20H25Cl2IN6. The highest BCUT2D eigenvalue weighted by Gasteiger charge is 2.05. The first-order valence-electron chi connectivity index (χ1n) is 9.34. The molecule has 6 nitrogen and oxygen atoms in total. The molecule has 0 fully saturated rings. The van der Waals surface area contributed by atoms with Gasteiger partial charge in [-0.15, -0.1) is 34.2 Å². The summed E-state index contributed by atoms with van der Waals surface area (Å²) in [5.74, 6) is 1.77. The van der Waals surface area contributed by atoms with Crippen LogP contribution in [0.5, 0.6) is 0 Å². The van der Waals surface area contributed by atoms with Crippen LogP contribution in [0.3, 0.4) is 0 Å². The van der Waals surface area contributed by atoms with Gasteiger partial charge in [0.15, 0.2) is 11.6 Å². The lowest BCUT2D eigenvalue weighted by Crippen LogP contribution is -2.38. The molecule has 0 saturated carbocycles. The third-order valence-corrected chi connectivity index (χ3v) is 4.99. The lowest BCUT2D eigenvalue weighted by atomic mass is 10.1. The van der Waals surface area contributed by atoms with Crippen LogP contribution in [-0.2, 0) is 12.8 Å². The van der Waals surface area contributed by atoms with E-state index in [1.54, 1.807) is 13.1 Å². The maximum absolute atomic E-state index is 6.21. The first-order chi connectivity index (χ1) is 13.7. The van der Waals surface area contributed by atoms with Crippen molar-refractivity contribution in [2.45, 2.75) is 25.7 Å². The molecule has 3 rings (SSSR count). The van der Waals surface area contributed by atoms with Crippen molar-refractivity contribution in [2.24, 2.45) is 4.99 Å². The summed E-state index contributed by atoms with van der Waals surface area (Å²) >= 11 is 12.1. The van der Waals surface area contributed by atoms with Crippen LogP contribution in [0.2, 0.25) is 10.0 Å². The molecule has 156 valence electrons. The van der Waals surface area contributed by atoms with Crippen LogP contribution in [0.15, 0.2) is 47.6 Å². The van der Waals surface area contributed by atoms with Crippen LogP contribution < -0.4 is 10.6 Å². The van der Waals surface area contributed by atoms with E-state index < -0.39 is 0 Å². The second kappa shape index (κ2) is 12.2. The Morgan fingerprint density at radius 3 is 2.52 bits per heavy atom. The van der Waals surface area contributed by atoms with Gasteiger partial charge in [0.25, 0.3) is 0 Å². The summed E-state index contributed by atoms with van der Waals surface area (Å²) < 4.78 is 2.02. The summed E-state index contributed by atoms with van der Waals surface area (Å²) in [7, 11) is 1.78. The fourth-order valence-corrected chi connectivity index (χ4v) is 3.45. The van der Waals surface area contributed by atoms with Crippen LogP contribution in [0, 0.1) is 0 Å². The summed E-state index contributed by atoms with van der Waals surface area (Å²) in [5.41, 5.74) is 1.99. The third-order valence-electron chi connectivity index (χ3n) is 4.41. The van der Waals surface area contributed by atoms with Crippen LogP contribution in [0.4, 0.5) is 0 Å². The van der Waals surface area contributed by atoms with E-state index in [2.05, 4.69) is 25.8 Å². The molecule has 2 heterocycles. The fraction of sp³-hybridized carbons (Fsp3) is 0.350. The molecule has 0 aliphatic rings. The standard InChI is InChI=1S/C20H24Cl2N6.HI/c1-23-20(24-11-4-6-15-9-10-16(21)14-17(15)22)25-12-5-8-19-27-26-18-7-2-3-13-28(18)19;/h2-3,7,9-10,13-14H,4-6,8,11-12H2,1H3,(H2,23,24,25);1H. The van der Waals surface area contributed by atoms with E-state index in [1.807, 2.05) is 40.9 Å². The van der Waals surface area contributed by atoms with Gasteiger partial charge in [-0.05, 0) is 49.1 Å². The molecule has 2 N–H and O–H groups in total. The Hall–Kier alpha value is -1.58. The topological polar surface area (TPSA) is 66.6 Å². The average molecular weight is 547 g/mol. The van der Waals surface area contributed by atoms with Gasteiger partial charge in [-0.1, -0.05) is 35.3 Å². The molecule has 0 aliphatic carbocycles. The van der Waals surface area contributed by atoms with E-state index in [9.17, 15) is 0 Å². The van der Waals surface area contributed by atoms with Gasteiger partial charge in [0.05, 0.1) is 0 Å². The molecule has 0 radical (unpaired) electrons. The molecule has 0 atom stereocenters. The summed E-state index contributed by atoms with van der Waals surface area (Å²) in [5, 5.41) is 16.5. The molecule has 29 heavy (non-hydrogen) atoms. The maximum Gasteiger partial charge on any atom is 0.190 e. The maximum atomic E-state index is 6.21. The Balaban J connectivity index is 0.00000300. The minimum atomic E-state index is 0. The zero-order valence-electron chi connectivity index (χ0n) is 16.2. The van der Waals surface area contributed by atoms with E-state index in [1.165, 1.54) is 0 Å². The molecule has 9 heteroatoms. The highest BCUT2D eigenvalue weighted by atomic mass is 127. The molecule has 3 aromatic rings. The van der Waals surface area contributed by atoms with E-state index in [0.29, 0.717) is 5.02 Å². The summed E-state index contributed by atoms with van der Waals surface area (Å²) in [6, 6.07) is 11.5. The van der Waals surface area contributed by atoms with Gasteiger partial charge >= 0.3 is 0 Å². The number of halogens is 3. The predicted molar refractivity (Wildman–Crippen MR) is 131 cm³/mol. The number of nitrogens with zero attached hydrogens (tertiary/aromatic N) is 4. The molecule has 0 amide bonds. The van der Waals surface area contributed by atoms with Gasteiger partial charge < -0.3 is 10.6 Å². The number of benzene rings is 1. The van der Waals surface area contributed by atoms with Crippen molar-refractivity contribution in [3.05, 3.63) is 64.0 Å². The Morgan fingerprint density at radius 2 is 1.79 bits per heavy atom. The summed E-state index contributed by atoms with van der Waals surface area (Å²) in [4.78, 5) is 4.26. The predicted octanol–water partition coefficient (Wildman–Crippen LogP) is 4.38. The fourth-order valence-electron chi connectivity index (χ4n) is 2.95. The van der Waals surface area contributed by atoms with Gasteiger partial charge in [0.2, 0.25) is 0 Å². The Morgan fingerprint density at radius 1 is 1.03 bits per heavy atom. The summed E-state index contributed by atoms with van der Waals surface area (Å²) in [6.45, 7) is 1.62. The number of rotatable bonds is 8.